The van der Waals surface area contributed by atoms with Crippen LogP contribution in [0.1, 0.15) is 18.2 Å². The van der Waals surface area contributed by atoms with E-state index in [0.717, 1.165) is 24.4 Å². The van der Waals surface area contributed by atoms with Gasteiger partial charge < -0.3 is 9.73 Å². The van der Waals surface area contributed by atoms with Crippen molar-refractivity contribution < 1.29 is 4.42 Å². The molecule has 0 bridgehead atoms. The fraction of sp³-hybridized carbons (Fsp3) is 0.235. The van der Waals surface area contributed by atoms with Crippen molar-refractivity contribution in [3.8, 4) is 5.69 Å². The van der Waals surface area contributed by atoms with Gasteiger partial charge >= 0.3 is 0 Å². The highest BCUT2D eigenvalue weighted by Crippen LogP contribution is 2.08. The molecule has 1 N–H and O–H groups in total. The SMILES string of the molecule is CC(Cc1ccco1)NCc1cnn(-c2ccccc2)c1.Cl. The largest absolute Gasteiger partial charge is 0.469 e. The number of nitrogens with one attached hydrogen (secondary N) is 1. The van der Waals surface area contributed by atoms with Crippen molar-refractivity contribution in [2.24, 2.45) is 0 Å². The number of para-hydroxylation sites is 1. The zero-order valence-electron chi connectivity index (χ0n) is 12.5. The summed E-state index contributed by atoms with van der Waals surface area (Å²) in [6.07, 6.45) is 6.56. The van der Waals surface area contributed by atoms with Crippen LogP contribution in [-0.4, -0.2) is 15.8 Å². The van der Waals surface area contributed by atoms with Gasteiger partial charge in [-0.3, -0.25) is 0 Å². The van der Waals surface area contributed by atoms with Gasteiger partial charge in [0.25, 0.3) is 0 Å². The molecule has 3 rings (SSSR count). The highest BCUT2D eigenvalue weighted by Gasteiger charge is 2.06. The molecule has 2 aromatic heterocycles. The molecule has 1 aromatic carbocycles. The summed E-state index contributed by atoms with van der Waals surface area (Å²) in [4.78, 5) is 0. The van der Waals surface area contributed by atoms with Crippen LogP contribution < -0.4 is 5.32 Å². The Morgan fingerprint density at radius 2 is 2.00 bits per heavy atom. The van der Waals surface area contributed by atoms with Gasteiger partial charge in [-0.2, -0.15) is 5.10 Å². The minimum absolute atomic E-state index is 0. The molecular weight excluding hydrogens is 298 g/mol. The monoisotopic (exact) mass is 317 g/mol. The van der Waals surface area contributed by atoms with Gasteiger partial charge in [-0.15, -0.1) is 12.4 Å². The maximum absolute atomic E-state index is 5.36. The molecule has 0 aliphatic heterocycles. The standard InChI is InChI=1S/C17H19N3O.ClH/c1-14(10-17-8-5-9-21-17)18-11-15-12-19-20(13-15)16-6-3-2-4-7-16;/h2-9,12-14,18H,10-11H2,1H3;1H. The van der Waals surface area contributed by atoms with E-state index in [1.54, 1.807) is 6.26 Å². The summed E-state index contributed by atoms with van der Waals surface area (Å²) in [6.45, 7) is 2.96. The van der Waals surface area contributed by atoms with Crippen molar-refractivity contribution in [1.29, 1.82) is 0 Å². The molecular formula is C17H20ClN3O. The lowest BCUT2D eigenvalue weighted by Crippen LogP contribution is -2.27. The smallest absolute Gasteiger partial charge is 0.105 e. The second-order valence-corrected chi connectivity index (χ2v) is 5.19. The molecule has 0 aliphatic carbocycles. The maximum Gasteiger partial charge on any atom is 0.105 e. The van der Waals surface area contributed by atoms with Crippen molar-refractivity contribution in [3.05, 3.63) is 72.4 Å². The van der Waals surface area contributed by atoms with Crippen LogP contribution in [-0.2, 0) is 13.0 Å². The van der Waals surface area contributed by atoms with E-state index in [1.807, 2.05) is 53.3 Å². The van der Waals surface area contributed by atoms with Crippen LogP contribution in [0.5, 0.6) is 0 Å². The van der Waals surface area contributed by atoms with E-state index in [1.165, 1.54) is 5.56 Å². The van der Waals surface area contributed by atoms with Crippen molar-refractivity contribution in [1.82, 2.24) is 15.1 Å². The van der Waals surface area contributed by atoms with Gasteiger partial charge in [0.15, 0.2) is 0 Å². The summed E-state index contributed by atoms with van der Waals surface area (Å²) in [7, 11) is 0. The molecule has 5 heteroatoms. The van der Waals surface area contributed by atoms with Gasteiger partial charge in [0.2, 0.25) is 0 Å². The predicted molar refractivity (Wildman–Crippen MR) is 89.5 cm³/mol. The Labute approximate surface area is 136 Å². The molecule has 1 unspecified atom stereocenters. The van der Waals surface area contributed by atoms with Gasteiger partial charge in [0, 0.05) is 30.8 Å². The second-order valence-electron chi connectivity index (χ2n) is 5.19. The molecule has 0 saturated heterocycles. The first kappa shape index (κ1) is 16.3. The molecule has 2 heterocycles. The first-order valence-corrected chi connectivity index (χ1v) is 7.16. The summed E-state index contributed by atoms with van der Waals surface area (Å²) >= 11 is 0. The molecule has 1 atom stereocenters. The second kappa shape index (κ2) is 7.82. The molecule has 0 amide bonds. The Morgan fingerprint density at radius 3 is 2.73 bits per heavy atom. The number of halogens is 1. The van der Waals surface area contributed by atoms with Crippen LogP contribution in [0.3, 0.4) is 0 Å². The predicted octanol–water partition coefficient (Wildman–Crippen LogP) is 3.61. The Morgan fingerprint density at radius 1 is 1.18 bits per heavy atom. The quantitative estimate of drug-likeness (QED) is 0.755. The topological polar surface area (TPSA) is 43.0 Å². The fourth-order valence-corrected chi connectivity index (χ4v) is 2.27. The van der Waals surface area contributed by atoms with Crippen LogP contribution in [0.2, 0.25) is 0 Å². The van der Waals surface area contributed by atoms with E-state index in [4.69, 9.17) is 4.42 Å². The summed E-state index contributed by atoms with van der Waals surface area (Å²) in [5.41, 5.74) is 2.25. The van der Waals surface area contributed by atoms with E-state index in [-0.39, 0.29) is 12.4 Å². The van der Waals surface area contributed by atoms with E-state index in [2.05, 4.69) is 23.5 Å². The van der Waals surface area contributed by atoms with Crippen LogP contribution >= 0.6 is 12.4 Å². The number of hydrogen-bond donors (Lipinski definition) is 1. The lowest BCUT2D eigenvalue weighted by Gasteiger charge is -2.11. The summed E-state index contributed by atoms with van der Waals surface area (Å²) in [5.74, 6) is 1.01. The molecule has 3 aromatic rings. The third kappa shape index (κ3) is 4.23. The average molecular weight is 318 g/mol. The van der Waals surface area contributed by atoms with E-state index in [0.29, 0.717) is 6.04 Å². The van der Waals surface area contributed by atoms with Gasteiger partial charge in [0.1, 0.15) is 5.76 Å². The summed E-state index contributed by atoms with van der Waals surface area (Å²) in [6, 6.07) is 14.4. The molecule has 116 valence electrons. The molecule has 0 spiro atoms. The lowest BCUT2D eigenvalue weighted by atomic mass is 10.2. The zero-order chi connectivity index (χ0) is 14.5. The summed E-state index contributed by atoms with van der Waals surface area (Å²) in [5, 5.41) is 7.89. The summed E-state index contributed by atoms with van der Waals surface area (Å²) < 4.78 is 7.26. The first-order valence-electron chi connectivity index (χ1n) is 7.16. The number of furan rings is 1. The zero-order valence-corrected chi connectivity index (χ0v) is 13.3. The Kier molecular flexibility index (Phi) is 5.81. The molecule has 22 heavy (non-hydrogen) atoms. The Bertz CT molecular complexity index is 664. The van der Waals surface area contributed by atoms with Gasteiger partial charge in [-0.1, -0.05) is 18.2 Å². The minimum atomic E-state index is 0. The van der Waals surface area contributed by atoms with Crippen LogP contribution in [0, 0.1) is 0 Å². The minimum Gasteiger partial charge on any atom is -0.469 e. The third-order valence-corrected chi connectivity index (χ3v) is 3.40. The highest BCUT2D eigenvalue weighted by atomic mass is 35.5. The van der Waals surface area contributed by atoms with Crippen molar-refractivity contribution in [2.75, 3.05) is 0 Å². The molecule has 0 saturated carbocycles. The number of nitrogens with zero attached hydrogens (tertiary/aromatic N) is 2. The molecule has 0 radical (unpaired) electrons. The Balaban J connectivity index is 0.00000176. The van der Waals surface area contributed by atoms with Crippen LogP contribution in [0.4, 0.5) is 0 Å². The van der Waals surface area contributed by atoms with Gasteiger partial charge in [-0.05, 0) is 31.2 Å². The average Bonchev–Trinajstić information content (AvgIpc) is 3.17. The molecule has 0 aliphatic rings. The van der Waals surface area contributed by atoms with E-state index >= 15 is 0 Å². The normalized spacial score (nSPS) is 11.9. The van der Waals surface area contributed by atoms with Crippen molar-refractivity contribution in [3.63, 3.8) is 0 Å². The fourth-order valence-electron chi connectivity index (χ4n) is 2.27. The number of benzene rings is 1. The molecule has 0 fully saturated rings. The Hall–Kier alpha value is -2.04. The van der Waals surface area contributed by atoms with E-state index in [9.17, 15) is 0 Å². The van der Waals surface area contributed by atoms with E-state index < -0.39 is 0 Å². The molecule has 4 nitrogen and oxygen atoms in total. The van der Waals surface area contributed by atoms with Crippen LogP contribution in [0.15, 0.2) is 65.5 Å². The van der Waals surface area contributed by atoms with Crippen molar-refractivity contribution >= 4 is 12.4 Å². The lowest BCUT2D eigenvalue weighted by molar-refractivity contribution is 0.456. The number of rotatable bonds is 6. The van der Waals surface area contributed by atoms with Crippen molar-refractivity contribution in [2.45, 2.75) is 25.9 Å². The van der Waals surface area contributed by atoms with Crippen LogP contribution in [0.25, 0.3) is 5.69 Å². The maximum atomic E-state index is 5.36. The van der Waals surface area contributed by atoms with Gasteiger partial charge in [-0.25, -0.2) is 4.68 Å². The number of hydrogen-bond acceptors (Lipinski definition) is 3. The first-order chi connectivity index (χ1) is 10.3. The highest BCUT2D eigenvalue weighted by molar-refractivity contribution is 5.85. The number of aromatic nitrogens is 2. The van der Waals surface area contributed by atoms with Gasteiger partial charge in [0.05, 0.1) is 18.1 Å². The third-order valence-electron chi connectivity index (χ3n) is 3.40.